The first kappa shape index (κ1) is 12.0. The van der Waals surface area contributed by atoms with Gasteiger partial charge in [-0.05, 0) is 11.6 Å². The van der Waals surface area contributed by atoms with Crippen LogP contribution in [0.2, 0.25) is 0 Å². The Kier molecular flexibility index (Phi) is 2.70. The number of nitrogen functional groups attached to an aromatic ring is 1. The average molecular weight is 263 g/mol. The number of aromatic nitrogens is 4. The van der Waals surface area contributed by atoms with Crippen molar-refractivity contribution in [1.29, 1.82) is 0 Å². The largest absolute Gasteiger partial charge is 0.392 e. The second-order valence-corrected chi connectivity index (χ2v) is 4.41. The van der Waals surface area contributed by atoms with Crippen LogP contribution in [0.25, 0.3) is 11.2 Å². The molecule has 0 saturated carbocycles. The van der Waals surface area contributed by atoms with E-state index in [1.165, 1.54) is 18.7 Å². The first-order valence-electron chi connectivity index (χ1n) is 5.74. The van der Waals surface area contributed by atoms with Crippen molar-refractivity contribution in [1.82, 2.24) is 19.5 Å². The normalized spacial score (nSPS) is 26.9. The molecule has 0 fully saturated rings. The minimum Gasteiger partial charge on any atom is -0.392 e. The average Bonchev–Trinajstić information content (AvgIpc) is 2.92. The zero-order valence-electron chi connectivity index (χ0n) is 9.88. The highest BCUT2D eigenvalue weighted by atomic mass is 16.3. The Morgan fingerprint density at radius 1 is 1.26 bits per heavy atom. The summed E-state index contributed by atoms with van der Waals surface area (Å²) < 4.78 is 1.54. The Morgan fingerprint density at radius 2 is 2.05 bits per heavy atom. The molecule has 0 radical (unpaired) electrons. The summed E-state index contributed by atoms with van der Waals surface area (Å²) in [4.78, 5) is 12.0. The number of rotatable bonds is 2. The first-order valence-corrected chi connectivity index (χ1v) is 5.74. The van der Waals surface area contributed by atoms with E-state index in [9.17, 15) is 10.2 Å². The van der Waals surface area contributed by atoms with Gasteiger partial charge in [0.15, 0.2) is 11.5 Å². The van der Waals surface area contributed by atoms with Gasteiger partial charge in [-0.1, -0.05) is 0 Å². The molecular formula is C11H13N5O3. The van der Waals surface area contributed by atoms with E-state index in [0.29, 0.717) is 16.7 Å². The molecule has 19 heavy (non-hydrogen) atoms. The van der Waals surface area contributed by atoms with E-state index >= 15 is 0 Å². The molecule has 8 heteroatoms. The van der Waals surface area contributed by atoms with Crippen LogP contribution in [0.1, 0.15) is 6.04 Å². The van der Waals surface area contributed by atoms with Gasteiger partial charge in [-0.25, -0.2) is 15.0 Å². The molecule has 1 aliphatic carbocycles. The quantitative estimate of drug-likeness (QED) is 0.490. The molecule has 0 bridgehead atoms. The monoisotopic (exact) mass is 263 g/mol. The summed E-state index contributed by atoms with van der Waals surface area (Å²) in [6.07, 6.45) is 2.26. The number of hydrogen-bond donors (Lipinski definition) is 4. The zero-order valence-corrected chi connectivity index (χ0v) is 9.88. The van der Waals surface area contributed by atoms with Gasteiger partial charge in [0.1, 0.15) is 17.9 Å². The predicted octanol–water partition coefficient (Wildman–Crippen LogP) is -1.40. The van der Waals surface area contributed by atoms with Crippen LogP contribution >= 0.6 is 0 Å². The van der Waals surface area contributed by atoms with Crippen molar-refractivity contribution in [2.45, 2.75) is 18.2 Å². The van der Waals surface area contributed by atoms with Crippen LogP contribution in [0.4, 0.5) is 5.82 Å². The van der Waals surface area contributed by atoms with Crippen LogP contribution < -0.4 is 5.73 Å². The Morgan fingerprint density at radius 3 is 2.74 bits per heavy atom. The Hall–Kier alpha value is -2.03. The predicted molar refractivity (Wildman–Crippen MR) is 66.0 cm³/mol. The van der Waals surface area contributed by atoms with Crippen molar-refractivity contribution >= 4 is 17.0 Å². The first-order chi connectivity index (χ1) is 9.13. The molecule has 2 aromatic heterocycles. The zero-order chi connectivity index (χ0) is 13.6. The molecule has 0 unspecified atom stereocenters. The van der Waals surface area contributed by atoms with E-state index in [0.717, 1.165) is 0 Å². The van der Waals surface area contributed by atoms with E-state index in [-0.39, 0.29) is 12.4 Å². The van der Waals surface area contributed by atoms with Crippen LogP contribution in [0.5, 0.6) is 0 Å². The van der Waals surface area contributed by atoms with Crippen molar-refractivity contribution in [3.8, 4) is 0 Å². The van der Waals surface area contributed by atoms with Gasteiger partial charge < -0.3 is 25.6 Å². The maximum absolute atomic E-state index is 10.1. The summed E-state index contributed by atoms with van der Waals surface area (Å²) in [5.74, 6) is 0.237. The number of nitrogens with zero attached hydrogens (tertiary/aromatic N) is 4. The van der Waals surface area contributed by atoms with Crippen molar-refractivity contribution in [3.63, 3.8) is 0 Å². The summed E-state index contributed by atoms with van der Waals surface area (Å²) >= 11 is 0. The molecule has 5 N–H and O–H groups in total. The van der Waals surface area contributed by atoms with Crippen LogP contribution in [0.15, 0.2) is 24.3 Å². The van der Waals surface area contributed by atoms with Crippen molar-refractivity contribution in [3.05, 3.63) is 24.3 Å². The van der Waals surface area contributed by atoms with Gasteiger partial charge in [-0.3, -0.25) is 0 Å². The van der Waals surface area contributed by atoms with E-state index in [2.05, 4.69) is 15.0 Å². The molecule has 3 rings (SSSR count). The van der Waals surface area contributed by atoms with Gasteiger partial charge in [0, 0.05) is 0 Å². The van der Waals surface area contributed by atoms with E-state index in [1.807, 2.05) is 0 Å². The van der Waals surface area contributed by atoms with Crippen LogP contribution in [0.3, 0.4) is 0 Å². The fourth-order valence-electron chi connectivity index (χ4n) is 2.37. The summed E-state index contributed by atoms with van der Waals surface area (Å²) in [6, 6.07) is -0.679. The third-order valence-corrected chi connectivity index (χ3v) is 3.33. The lowest BCUT2D eigenvalue weighted by Crippen LogP contribution is -2.29. The van der Waals surface area contributed by atoms with Crippen LogP contribution in [-0.2, 0) is 0 Å². The molecule has 0 aliphatic heterocycles. The van der Waals surface area contributed by atoms with Crippen molar-refractivity contribution in [2.24, 2.45) is 0 Å². The number of aliphatic hydroxyl groups excluding tert-OH is 3. The van der Waals surface area contributed by atoms with Crippen molar-refractivity contribution in [2.75, 3.05) is 12.3 Å². The van der Waals surface area contributed by atoms with E-state index in [4.69, 9.17) is 10.8 Å². The minimum atomic E-state index is -0.992. The fourth-order valence-corrected chi connectivity index (χ4v) is 2.37. The number of nitrogens with two attached hydrogens (primary N) is 1. The molecule has 0 aromatic carbocycles. The fraction of sp³-hybridized carbons (Fsp3) is 0.364. The molecule has 8 nitrogen and oxygen atoms in total. The summed E-state index contributed by atoms with van der Waals surface area (Å²) in [5.41, 5.74) is 6.91. The molecule has 0 amide bonds. The third kappa shape index (κ3) is 1.69. The lowest BCUT2D eigenvalue weighted by atomic mass is 10.1. The SMILES string of the molecule is Nc1ncnc2c1ncn2[C@H]1[C@H](O)C(CO)=C[C@@H]1O. The van der Waals surface area contributed by atoms with Gasteiger partial charge in [0.2, 0.25) is 0 Å². The summed E-state index contributed by atoms with van der Waals surface area (Å²) in [5, 5.41) is 29.2. The molecule has 0 spiro atoms. The molecule has 3 atom stereocenters. The lowest BCUT2D eigenvalue weighted by molar-refractivity contribution is 0.0795. The smallest absolute Gasteiger partial charge is 0.165 e. The highest BCUT2D eigenvalue weighted by molar-refractivity contribution is 5.81. The van der Waals surface area contributed by atoms with Gasteiger partial charge in [-0.15, -0.1) is 0 Å². The number of fused-ring (bicyclic) bond motifs is 1. The number of aliphatic hydroxyl groups is 3. The van der Waals surface area contributed by atoms with Gasteiger partial charge in [0.05, 0.1) is 25.1 Å². The van der Waals surface area contributed by atoms with Crippen LogP contribution in [0, 0.1) is 0 Å². The second kappa shape index (κ2) is 4.26. The molecular weight excluding hydrogens is 250 g/mol. The maximum Gasteiger partial charge on any atom is 0.165 e. The number of anilines is 1. The highest BCUT2D eigenvalue weighted by Gasteiger charge is 2.37. The van der Waals surface area contributed by atoms with Gasteiger partial charge in [-0.2, -0.15) is 0 Å². The van der Waals surface area contributed by atoms with Gasteiger partial charge >= 0.3 is 0 Å². The van der Waals surface area contributed by atoms with Crippen molar-refractivity contribution < 1.29 is 15.3 Å². The third-order valence-electron chi connectivity index (χ3n) is 3.33. The maximum atomic E-state index is 10.1. The molecule has 2 aromatic rings. The number of imidazole rings is 1. The Labute approximate surface area is 107 Å². The second-order valence-electron chi connectivity index (χ2n) is 4.41. The summed E-state index contributed by atoms with van der Waals surface area (Å²) in [7, 11) is 0. The standard InChI is InChI=1S/C11H13N5O3/c12-10-7-11(14-3-13-10)16(4-15-7)8-6(18)1-5(2-17)9(8)19/h1,3-4,6,8-9,17-19H,2H2,(H2,12,13,14)/t6-,8+,9+/m0/s1. The highest BCUT2D eigenvalue weighted by Crippen LogP contribution is 2.32. The lowest BCUT2D eigenvalue weighted by Gasteiger charge is -2.21. The Balaban J connectivity index is 2.09. The van der Waals surface area contributed by atoms with Gasteiger partial charge in [0.25, 0.3) is 0 Å². The van der Waals surface area contributed by atoms with E-state index in [1.54, 1.807) is 4.57 Å². The topological polar surface area (TPSA) is 130 Å². The van der Waals surface area contributed by atoms with E-state index < -0.39 is 18.2 Å². The number of hydrogen-bond acceptors (Lipinski definition) is 7. The molecule has 100 valence electrons. The molecule has 0 saturated heterocycles. The van der Waals surface area contributed by atoms with Crippen LogP contribution in [-0.4, -0.2) is 53.7 Å². The minimum absolute atomic E-state index is 0.237. The molecule has 2 heterocycles. The molecule has 1 aliphatic rings. The summed E-state index contributed by atoms with van der Waals surface area (Å²) in [6.45, 7) is -0.307. The Bertz CT molecular complexity index is 653.